The van der Waals surface area contributed by atoms with Gasteiger partial charge in [-0.05, 0) is 5.56 Å². The van der Waals surface area contributed by atoms with E-state index in [0.717, 1.165) is 44.1 Å². The van der Waals surface area contributed by atoms with Crippen molar-refractivity contribution >= 4 is 17.6 Å². The summed E-state index contributed by atoms with van der Waals surface area (Å²) in [6.07, 6.45) is 1.07. The van der Waals surface area contributed by atoms with Crippen LogP contribution in [-0.4, -0.2) is 42.7 Å². The molecule has 98 valence electrons. The van der Waals surface area contributed by atoms with Crippen molar-refractivity contribution in [3.63, 3.8) is 0 Å². The molecule has 3 nitrogen and oxygen atoms in total. The summed E-state index contributed by atoms with van der Waals surface area (Å²) in [5.74, 6) is 3.47. The smallest absolute Gasteiger partial charge is 0.0999 e. The van der Waals surface area contributed by atoms with E-state index in [2.05, 4.69) is 40.2 Å². The molecule has 0 amide bonds. The minimum Gasteiger partial charge on any atom is -0.357 e. The van der Waals surface area contributed by atoms with Crippen LogP contribution in [0.4, 0.5) is 0 Å². The van der Waals surface area contributed by atoms with Gasteiger partial charge in [0, 0.05) is 37.6 Å². The maximum Gasteiger partial charge on any atom is 0.0999 e. The van der Waals surface area contributed by atoms with Crippen LogP contribution in [0.25, 0.3) is 0 Å². The van der Waals surface area contributed by atoms with Crippen molar-refractivity contribution in [3.05, 3.63) is 35.9 Å². The Balaban J connectivity index is 1.66. The second-order valence-corrected chi connectivity index (χ2v) is 5.47. The van der Waals surface area contributed by atoms with Crippen LogP contribution in [0.3, 0.4) is 0 Å². The summed E-state index contributed by atoms with van der Waals surface area (Å²) in [6.45, 7) is 3.66. The van der Waals surface area contributed by atoms with Gasteiger partial charge in [0.25, 0.3) is 0 Å². The highest BCUT2D eigenvalue weighted by Crippen LogP contribution is 2.14. The third-order valence-electron chi connectivity index (χ3n) is 3.01. The van der Waals surface area contributed by atoms with Crippen molar-refractivity contribution in [3.8, 4) is 0 Å². The minimum absolute atomic E-state index is 0.718. The zero-order chi connectivity index (χ0) is 12.6. The van der Waals surface area contributed by atoms with E-state index in [4.69, 9.17) is 5.73 Å². The Morgan fingerprint density at radius 1 is 1.28 bits per heavy atom. The monoisotopic (exact) mass is 263 g/mol. The molecule has 18 heavy (non-hydrogen) atoms. The number of hydrogen-bond donors (Lipinski definition) is 1. The lowest BCUT2D eigenvalue weighted by Gasteiger charge is -2.19. The number of rotatable bonds is 7. The number of aliphatic imine (C=N–C) groups is 1. The normalized spacial score (nSPS) is 14.9. The number of thioether (sulfide) groups is 1. The van der Waals surface area contributed by atoms with Gasteiger partial charge in [-0.15, -0.1) is 0 Å². The van der Waals surface area contributed by atoms with Crippen molar-refractivity contribution in [2.75, 3.05) is 31.9 Å². The van der Waals surface area contributed by atoms with E-state index in [9.17, 15) is 0 Å². The van der Waals surface area contributed by atoms with E-state index in [0.29, 0.717) is 0 Å². The van der Waals surface area contributed by atoms with Gasteiger partial charge in [0.15, 0.2) is 0 Å². The molecule has 0 unspecified atom stereocenters. The van der Waals surface area contributed by atoms with Gasteiger partial charge in [0.1, 0.15) is 0 Å². The van der Waals surface area contributed by atoms with Crippen molar-refractivity contribution in [1.29, 1.82) is 0 Å². The first-order valence-electron chi connectivity index (χ1n) is 6.50. The van der Waals surface area contributed by atoms with Crippen LogP contribution in [0.1, 0.15) is 12.0 Å². The van der Waals surface area contributed by atoms with Crippen LogP contribution >= 0.6 is 11.8 Å². The first kappa shape index (κ1) is 13.4. The summed E-state index contributed by atoms with van der Waals surface area (Å²) in [4.78, 5) is 6.88. The van der Waals surface area contributed by atoms with Crippen LogP contribution in [0.15, 0.2) is 35.3 Å². The molecular formula is C14H21N3S. The summed E-state index contributed by atoms with van der Waals surface area (Å²) < 4.78 is 0. The van der Waals surface area contributed by atoms with E-state index in [1.54, 1.807) is 0 Å². The fraction of sp³-hybridized carbons (Fsp3) is 0.500. The fourth-order valence-electron chi connectivity index (χ4n) is 2.09. The van der Waals surface area contributed by atoms with Crippen LogP contribution < -0.4 is 5.73 Å². The molecule has 0 saturated heterocycles. The summed E-state index contributed by atoms with van der Waals surface area (Å²) in [7, 11) is 0. The van der Waals surface area contributed by atoms with Crippen LogP contribution in [0.2, 0.25) is 0 Å². The highest BCUT2D eigenvalue weighted by atomic mass is 32.2. The van der Waals surface area contributed by atoms with Crippen molar-refractivity contribution < 1.29 is 0 Å². The first-order valence-corrected chi connectivity index (χ1v) is 7.65. The number of nitrogens with zero attached hydrogens (tertiary/aromatic N) is 2. The molecule has 0 saturated carbocycles. The molecule has 1 aromatic rings. The molecule has 0 fully saturated rings. The highest BCUT2D eigenvalue weighted by Gasteiger charge is 2.14. The molecule has 1 aromatic carbocycles. The molecule has 4 heteroatoms. The average molecular weight is 263 g/mol. The third kappa shape index (κ3) is 4.03. The molecule has 0 radical (unpaired) electrons. The van der Waals surface area contributed by atoms with E-state index < -0.39 is 0 Å². The van der Waals surface area contributed by atoms with Crippen LogP contribution in [0, 0.1) is 0 Å². The Kier molecular flexibility index (Phi) is 5.55. The summed E-state index contributed by atoms with van der Waals surface area (Å²) in [5, 5.41) is 0. The number of nitrogens with two attached hydrogens (primary N) is 1. The standard InChI is InChI=1S/C14H21N3S/c15-7-9-17-10-8-16-14(17)6-11-18-12-13-4-2-1-3-5-13/h1-5H,6-12,15H2. The number of benzene rings is 1. The summed E-state index contributed by atoms with van der Waals surface area (Å²) >= 11 is 1.97. The predicted molar refractivity (Wildman–Crippen MR) is 80.2 cm³/mol. The molecule has 0 aliphatic carbocycles. The lowest BCUT2D eigenvalue weighted by molar-refractivity contribution is 0.461. The molecule has 0 aromatic heterocycles. The molecule has 0 atom stereocenters. The average Bonchev–Trinajstić information content (AvgIpc) is 2.84. The van der Waals surface area contributed by atoms with Gasteiger partial charge in [-0.2, -0.15) is 11.8 Å². The highest BCUT2D eigenvalue weighted by molar-refractivity contribution is 7.98. The SMILES string of the molecule is NCCN1CCN=C1CCSCc1ccccc1. The summed E-state index contributed by atoms with van der Waals surface area (Å²) in [5.41, 5.74) is 7.00. The Morgan fingerprint density at radius 2 is 2.11 bits per heavy atom. The van der Waals surface area contributed by atoms with E-state index >= 15 is 0 Å². The zero-order valence-electron chi connectivity index (χ0n) is 10.7. The molecule has 2 rings (SSSR count). The second-order valence-electron chi connectivity index (χ2n) is 4.36. The van der Waals surface area contributed by atoms with Crippen molar-refractivity contribution in [1.82, 2.24) is 4.90 Å². The largest absolute Gasteiger partial charge is 0.357 e. The number of hydrogen-bond acceptors (Lipinski definition) is 4. The minimum atomic E-state index is 0.718. The van der Waals surface area contributed by atoms with Crippen LogP contribution in [-0.2, 0) is 5.75 Å². The maximum absolute atomic E-state index is 5.60. The quantitative estimate of drug-likeness (QED) is 0.765. The summed E-state index contributed by atoms with van der Waals surface area (Å²) in [6, 6.07) is 10.6. The molecule has 0 bridgehead atoms. The van der Waals surface area contributed by atoms with Crippen LogP contribution in [0.5, 0.6) is 0 Å². The zero-order valence-corrected chi connectivity index (χ0v) is 11.5. The topological polar surface area (TPSA) is 41.6 Å². The van der Waals surface area contributed by atoms with Gasteiger partial charge in [0.05, 0.1) is 12.4 Å². The van der Waals surface area contributed by atoms with E-state index in [1.165, 1.54) is 11.4 Å². The lowest BCUT2D eigenvalue weighted by atomic mass is 10.2. The Hall–Kier alpha value is -1.00. The molecular weight excluding hydrogens is 242 g/mol. The molecule has 0 spiro atoms. The van der Waals surface area contributed by atoms with Crippen molar-refractivity contribution in [2.24, 2.45) is 10.7 Å². The van der Waals surface area contributed by atoms with E-state index in [1.807, 2.05) is 11.8 Å². The molecule has 1 heterocycles. The fourth-order valence-corrected chi connectivity index (χ4v) is 2.99. The maximum atomic E-state index is 5.60. The second kappa shape index (κ2) is 7.44. The predicted octanol–water partition coefficient (Wildman–Crippen LogP) is 1.98. The number of amidine groups is 1. The van der Waals surface area contributed by atoms with Crippen molar-refractivity contribution in [2.45, 2.75) is 12.2 Å². The lowest BCUT2D eigenvalue weighted by Crippen LogP contribution is -2.32. The first-order chi connectivity index (χ1) is 8.90. The van der Waals surface area contributed by atoms with Gasteiger partial charge in [0.2, 0.25) is 0 Å². The van der Waals surface area contributed by atoms with E-state index in [-0.39, 0.29) is 0 Å². The Bertz CT molecular complexity index is 378. The van der Waals surface area contributed by atoms with Gasteiger partial charge in [-0.25, -0.2) is 0 Å². The molecule has 1 aliphatic rings. The van der Waals surface area contributed by atoms with Gasteiger partial charge < -0.3 is 10.6 Å². The van der Waals surface area contributed by atoms with Gasteiger partial charge in [-0.1, -0.05) is 30.3 Å². The Labute approximate surface area is 113 Å². The van der Waals surface area contributed by atoms with Gasteiger partial charge >= 0.3 is 0 Å². The third-order valence-corrected chi connectivity index (χ3v) is 4.04. The Morgan fingerprint density at radius 3 is 2.89 bits per heavy atom. The molecule has 1 aliphatic heterocycles. The van der Waals surface area contributed by atoms with Gasteiger partial charge in [-0.3, -0.25) is 4.99 Å². The molecule has 2 N–H and O–H groups in total.